The van der Waals surface area contributed by atoms with Gasteiger partial charge in [0.1, 0.15) is 5.82 Å². The third-order valence-electron chi connectivity index (χ3n) is 2.01. The van der Waals surface area contributed by atoms with Crippen LogP contribution in [0.25, 0.3) is 0 Å². The first-order valence-electron chi connectivity index (χ1n) is 4.91. The highest BCUT2D eigenvalue weighted by atomic mass is 79.9. The Morgan fingerprint density at radius 3 is 2.94 bits per heavy atom. The van der Waals surface area contributed by atoms with Gasteiger partial charge in [-0.15, -0.1) is 11.6 Å². The van der Waals surface area contributed by atoms with Crippen molar-refractivity contribution in [1.29, 1.82) is 0 Å². The number of carbonyl (C=O) groups is 1. The van der Waals surface area contributed by atoms with Gasteiger partial charge in [0.2, 0.25) is 0 Å². The predicted molar refractivity (Wildman–Crippen MR) is 68.0 cm³/mol. The third-order valence-corrected chi connectivity index (χ3v) is 2.90. The Bertz CT molecular complexity index is 403. The van der Waals surface area contributed by atoms with E-state index in [2.05, 4.69) is 21.2 Å². The second-order valence-corrected chi connectivity index (χ2v) is 4.86. The van der Waals surface area contributed by atoms with Crippen molar-refractivity contribution >= 4 is 33.4 Å². The molecule has 1 unspecified atom stereocenters. The molecule has 0 aliphatic heterocycles. The lowest BCUT2D eigenvalue weighted by atomic mass is 10.2. The summed E-state index contributed by atoms with van der Waals surface area (Å²) in [6, 6.07) is 4.06. The van der Waals surface area contributed by atoms with Crippen molar-refractivity contribution in [2.24, 2.45) is 0 Å². The van der Waals surface area contributed by atoms with Crippen LogP contribution in [0.15, 0.2) is 22.7 Å². The van der Waals surface area contributed by atoms with Crippen LogP contribution >= 0.6 is 27.5 Å². The molecule has 1 aromatic rings. The summed E-state index contributed by atoms with van der Waals surface area (Å²) in [6.45, 7) is 0.651. The highest BCUT2D eigenvalue weighted by molar-refractivity contribution is 9.10. The number of hydrogen-bond donors (Lipinski definition) is 1. The lowest BCUT2D eigenvalue weighted by Gasteiger charge is -2.10. The average Bonchev–Trinajstić information content (AvgIpc) is 2.30. The summed E-state index contributed by atoms with van der Waals surface area (Å²) in [4.78, 5) is 11.7. The Hall–Kier alpha value is -0.650. The molecule has 3 nitrogen and oxygen atoms in total. The van der Waals surface area contributed by atoms with E-state index >= 15 is 0 Å². The lowest BCUT2D eigenvalue weighted by molar-refractivity contribution is 0.0949. The van der Waals surface area contributed by atoms with Crippen LogP contribution in [0.2, 0.25) is 0 Å². The summed E-state index contributed by atoms with van der Waals surface area (Å²) in [5.41, 5.74) is 0.375. The van der Waals surface area contributed by atoms with Crippen LogP contribution in [0.4, 0.5) is 4.39 Å². The van der Waals surface area contributed by atoms with Crippen LogP contribution < -0.4 is 5.32 Å². The second kappa shape index (κ2) is 6.93. The minimum Gasteiger partial charge on any atom is -0.383 e. The number of methoxy groups -OCH3 is 1. The van der Waals surface area contributed by atoms with E-state index in [0.717, 1.165) is 0 Å². The molecule has 0 saturated carbocycles. The average molecular weight is 325 g/mol. The van der Waals surface area contributed by atoms with Crippen molar-refractivity contribution in [3.8, 4) is 0 Å². The van der Waals surface area contributed by atoms with E-state index in [1.807, 2.05) is 0 Å². The summed E-state index contributed by atoms with van der Waals surface area (Å²) in [5.74, 6) is -0.705. The van der Waals surface area contributed by atoms with Gasteiger partial charge < -0.3 is 10.1 Å². The van der Waals surface area contributed by atoms with E-state index in [4.69, 9.17) is 16.3 Å². The number of amides is 1. The van der Waals surface area contributed by atoms with Crippen molar-refractivity contribution in [3.05, 3.63) is 34.1 Å². The number of halogens is 3. The van der Waals surface area contributed by atoms with Crippen molar-refractivity contribution in [2.75, 3.05) is 20.3 Å². The van der Waals surface area contributed by atoms with Crippen LogP contribution in [-0.2, 0) is 4.74 Å². The molecule has 1 aromatic carbocycles. The van der Waals surface area contributed by atoms with Crippen molar-refractivity contribution in [1.82, 2.24) is 5.32 Å². The predicted octanol–water partition coefficient (Wildman–Crippen LogP) is 2.57. The van der Waals surface area contributed by atoms with Gasteiger partial charge in [0.25, 0.3) is 5.91 Å². The van der Waals surface area contributed by atoms with Crippen LogP contribution in [-0.4, -0.2) is 31.5 Å². The Balaban J connectivity index is 2.55. The molecule has 0 saturated heterocycles. The van der Waals surface area contributed by atoms with Gasteiger partial charge in [-0.25, -0.2) is 4.39 Å². The van der Waals surface area contributed by atoms with Gasteiger partial charge in [-0.1, -0.05) is 0 Å². The lowest BCUT2D eigenvalue weighted by Crippen LogP contribution is -2.31. The molecule has 0 fully saturated rings. The molecule has 0 aliphatic carbocycles. The van der Waals surface area contributed by atoms with Gasteiger partial charge in [0.15, 0.2) is 0 Å². The van der Waals surface area contributed by atoms with Gasteiger partial charge in [0, 0.05) is 19.2 Å². The maximum atomic E-state index is 13.0. The zero-order valence-electron chi connectivity index (χ0n) is 9.17. The molecular weight excluding hydrogens is 312 g/mol. The Morgan fingerprint density at radius 1 is 1.65 bits per heavy atom. The third kappa shape index (κ3) is 4.61. The number of carbonyl (C=O) groups excluding carboxylic acids is 1. The molecule has 0 spiro atoms. The van der Waals surface area contributed by atoms with Crippen LogP contribution in [0, 0.1) is 5.82 Å². The number of benzene rings is 1. The first-order valence-corrected chi connectivity index (χ1v) is 6.13. The van der Waals surface area contributed by atoms with Gasteiger partial charge in [-0.3, -0.25) is 4.79 Å². The zero-order chi connectivity index (χ0) is 12.8. The Kier molecular flexibility index (Phi) is 5.88. The van der Waals surface area contributed by atoms with Crippen LogP contribution in [0.1, 0.15) is 10.4 Å². The highest BCUT2D eigenvalue weighted by Crippen LogP contribution is 2.16. The molecule has 0 radical (unpaired) electrons. The standard InChI is InChI=1S/C11H12BrClFNO2/c1-17-6-8(13)5-15-11(16)7-2-3-10(14)9(12)4-7/h2-4,8H,5-6H2,1H3,(H,15,16). The van der Waals surface area contributed by atoms with Gasteiger partial charge in [-0.2, -0.15) is 0 Å². The molecule has 1 amide bonds. The van der Waals surface area contributed by atoms with Gasteiger partial charge >= 0.3 is 0 Å². The summed E-state index contributed by atoms with van der Waals surface area (Å²) >= 11 is 8.88. The summed E-state index contributed by atoms with van der Waals surface area (Å²) < 4.78 is 18.1. The fourth-order valence-corrected chi connectivity index (χ4v) is 1.76. The zero-order valence-corrected chi connectivity index (χ0v) is 11.5. The normalized spacial score (nSPS) is 12.2. The largest absolute Gasteiger partial charge is 0.383 e. The van der Waals surface area contributed by atoms with E-state index in [-0.39, 0.29) is 15.8 Å². The summed E-state index contributed by atoms with van der Waals surface area (Å²) in [7, 11) is 1.54. The first-order chi connectivity index (χ1) is 8.04. The van der Waals surface area contributed by atoms with Crippen molar-refractivity contribution < 1.29 is 13.9 Å². The molecule has 94 valence electrons. The van der Waals surface area contributed by atoms with Gasteiger partial charge in [-0.05, 0) is 34.1 Å². The quantitative estimate of drug-likeness (QED) is 0.846. The van der Waals surface area contributed by atoms with E-state index in [1.54, 1.807) is 0 Å². The molecule has 0 aliphatic rings. The van der Waals surface area contributed by atoms with Crippen molar-refractivity contribution in [3.63, 3.8) is 0 Å². The molecule has 1 N–H and O–H groups in total. The Labute approximate surface area is 112 Å². The molecule has 0 heterocycles. The van der Waals surface area contributed by atoms with Crippen LogP contribution in [0.3, 0.4) is 0 Å². The first kappa shape index (κ1) is 14.4. The van der Waals surface area contributed by atoms with E-state index < -0.39 is 5.82 Å². The molecule has 1 rings (SSSR count). The minimum atomic E-state index is -0.406. The Morgan fingerprint density at radius 2 is 2.35 bits per heavy atom. The molecule has 6 heteroatoms. The maximum absolute atomic E-state index is 13.0. The molecule has 0 aromatic heterocycles. The number of rotatable bonds is 5. The fourth-order valence-electron chi connectivity index (χ4n) is 1.18. The number of alkyl halides is 1. The number of hydrogen-bond acceptors (Lipinski definition) is 2. The molecule has 1 atom stereocenters. The maximum Gasteiger partial charge on any atom is 0.251 e. The molecule has 17 heavy (non-hydrogen) atoms. The summed E-state index contributed by atoms with van der Waals surface area (Å²) in [6.07, 6.45) is 0. The molecular formula is C11H12BrClFNO2. The smallest absolute Gasteiger partial charge is 0.251 e. The second-order valence-electron chi connectivity index (χ2n) is 3.39. The van der Waals surface area contributed by atoms with Gasteiger partial charge in [0.05, 0.1) is 16.5 Å². The van der Waals surface area contributed by atoms with E-state index in [9.17, 15) is 9.18 Å². The van der Waals surface area contributed by atoms with Crippen LogP contribution in [0.5, 0.6) is 0 Å². The fraction of sp³-hybridized carbons (Fsp3) is 0.364. The summed E-state index contributed by atoms with van der Waals surface area (Å²) in [5, 5.41) is 2.35. The number of ether oxygens (including phenoxy) is 1. The minimum absolute atomic E-state index is 0.254. The monoisotopic (exact) mass is 323 g/mol. The number of nitrogens with one attached hydrogen (secondary N) is 1. The SMILES string of the molecule is COCC(Cl)CNC(=O)c1ccc(F)c(Br)c1. The molecule has 0 bridgehead atoms. The van der Waals surface area contributed by atoms with E-state index in [0.29, 0.717) is 18.7 Å². The van der Waals surface area contributed by atoms with E-state index in [1.165, 1.54) is 25.3 Å². The topological polar surface area (TPSA) is 38.3 Å². The van der Waals surface area contributed by atoms with Crippen molar-refractivity contribution in [2.45, 2.75) is 5.38 Å². The highest BCUT2D eigenvalue weighted by Gasteiger charge is 2.10.